The van der Waals surface area contributed by atoms with Crippen LogP contribution in [0.4, 0.5) is 0 Å². The van der Waals surface area contributed by atoms with Gasteiger partial charge in [0.15, 0.2) is 0 Å². The Labute approximate surface area is 176 Å². The fraction of sp³-hybridized carbons (Fsp3) is 0. The van der Waals surface area contributed by atoms with Crippen LogP contribution in [0.25, 0.3) is 21.9 Å². The van der Waals surface area contributed by atoms with Crippen LogP contribution in [0.5, 0.6) is 5.75 Å². The van der Waals surface area contributed by atoms with Gasteiger partial charge in [-0.05, 0) is 58.3 Å². The smallest absolute Gasteiger partial charge is 0.272 e. The van der Waals surface area contributed by atoms with Crippen molar-refractivity contribution in [2.45, 2.75) is 0 Å². The molecular weight excluding hydrogens is 428 g/mol. The summed E-state index contributed by atoms with van der Waals surface area (Å²) in [6, 6.07) is 26.5. The summed E-state index contributed by atoms with van der Waals surface area (Å²) in [6.45, 7) is 0. The number of fused-ring (bicyclic) bond motifs is 1. The lowest BCUT2D eigenvalue weighted by Gasteiger charge is -2.10. The van der Waals surface area contributed by atoms with Gasteiger partial charge in [-0.15, -0.1) is 0 Å². The second-order valence-corrected chi connectivity index (χ2v) is 7.43. The molecule has 5 heteroatoms. The molecule has 0 fully saturated rings. The third kappa shape index (κ3) is 4.20. The van der Waals surface area contributed by atoms with Crippen LogP contribution in [0.2, 0.25) is 0 Å². The first-order valence-electron chi connectivity index (χ1n) is 9.02. The van der Waals surface area contributed by atoms with E-state index in [1.807, 2.05) is 54.6 Å². The number of aromatic hydroxyl groups is 1. The standard InChI is InChI=1S/C24H17BrN2O2/c25-20-11-9-16(10-12-20)19-13-17-5-1-3-7-21(17)22(14-19)24(29)27-26-15-18-6-2-4-8-23(18)28/h1-15,28H,(H,27,29). The summed E-state index contributed by atoms with van der Waals surface area (Å²) in [4.78, 5) is 12.9. The van der Waals surface area contributed by atoms with Crippen molar-refractivity contribution in [2.24, 2.45) is 5.10 Å². The molecule has 0 heterocycles. The van der Waals surface area contributed by atoms with Crippen molar-refractivity contribution >= 4 is 38.8 Å². The molecule has 2 N–H and O–H groups in total. The van der Waals surface area contributed by atoms with Crippen LogP contribution in [-0.4, -0.2) is 17.2 Å². The Kier molecular flexibility index (Phi) is 5.40. The summed E-state index contributed by atoms with van der Waals surface area (Å²) in [7, 11) is 0. The number of nitrogens with zero attached hydrogens (tertiary/aromatic N) is 1. The van der Waals surface area contributed by atoms with E-state index < -0.39 is 0 Å². The molecule has 0 radical (unpaired) electrons. The monoisotopic (exact) mass is 444 g/mol. The molecule has 0 bridgehead atoms. The number of hydrogen-bond donors (Lipinski definition) is 2. The van der Waals surface area contributed by atoms with E-state index in [0.29, 0.717) is 11.1 Å². The molecule has 29 heavy (non-hydrogen) atoms. The number of carbonyl (C=O) groups is 1. The number of halogens is 1. The Morgan fingerprint density at radius 1 is 0.897 bits per heavy atom. The summed E-state index contributed by atoms with van der Waals surface area (Å²) < 4.78 is 0.999. The first-order chi connectivity index (χ1) is 14.1. The number of rotatable bonds is 4. The topological polar surface area (TPSA) is 61.7 Å². The Hall–Kier alpha value is -3.44. The van der Waals surface area contributed by atoms with E-state index in [9.17, 15) is 9.90 Å². The lowest BCUT2D eigenvalue weighted by Crippen LogP contribution is -2.18. The van der Waals surface area contributed by atoms with Crippen LogP contribution in [0, 0.1) is 0 Å². The number of phenolic OH excluding ortho intramolecular Hbond substituents is 1. The summed E-state index contributed by atoms with van der Waals surface area (Å²) in [5.41, 5.74) is 5.60. The molecule has 0 aliphatic carbocycles. The Bertz CT molecular complexity index is 1220. The molecule has 1 amide bonds. The van der Waals surface area contributed by atoms with Gasteiger partial charge in [-0.3, -0.25) is 4.79 Å². The third-order valence-electron chi connectivity index (χ3n) is 4.59. The second-order valence-electron chi connectivity index (χ2n) is 6.51. The fourth-order valence-electron chi connectivity index (χ4n) is 3.12. The quantitative estimate of drug-likeness (QED) is 0.311. The van der Waals surface area contributed by atoms with Gasteiger partial charge in [-0.1, -0.05) is 64.5 Å². The maximum Gasteiger partial charge on any atom is 0.272 e. The van der Waals surface area contributed by atoms with Crippen LogP contribution in [-0.2, 0) is 0 Å². The Morgan fingerprint density at radius 3 is 2.41 bits per heavy atom. The zero-order valence-corrected chi connectivity index (χ0v) is 16.9. The minimum Gasteiger partial charge on any atom is -0.507 e. The van der Waals surface area contributed by atoms with E-state index >= 15 is 0 Å². The van der Waals surface area contributed by atoms with Crippen molar-refractivity contribution in [2.75, 3.05) is 0 Å². The number of carbonyl (C=O) groups excluding carboxylic acids is 1. The maximum atomic E-state index is 12.9. The van der Waals surface area contributed by atoms with Crippen LogP contribution in [0.3, 0.4) is 0 Å². The van der Waals surface area contributed by atoms with E-state index in [2.05, 4.69) is 32.5 Å². The average molecular weight is 445 g/mol. The molecule has 142 valence electrons. The molecular formula is C24H17BrN2O2. The second kappa shape index (κ2) is 8.29. The fourth-order valence-corrected chi connectivity index (χ4v) is 3.39. The molecule has 4 rings (SSSR count). The zero-order valence-electron chi connectivity index (χ0n) is 15.3. The van der Waals surface area contributed by atoms with Crippen molar-refractivity contribution in [3.8, 4) is 16.9 Å². The minimum atomic E-state index is -0.313. The van der Waals surface area contributed by atoms with Crippen molar-refractivity contribution < 1.29 is 9.90 Å². The number of hydrazone groups is 1. The number of hydrogen-bond acceptors (Lipinski definition) is 3. The number of amides is 1. The van der Waals surface area contributed by atoms with Gasteiger partial charge in [-0.2, -0.15) is 5.10 Å². The predicted octanol–water partition coefficient (Wildman–Crippen LogP) is 5.74. The largest absolute Gasteiger partial charge is 0.507 e. The van der Waals surface area contributed by atoms with E-state index in [0.717, 1.165) is 26.4 Å². The molecule has 0 aliphatic rings. The summed E-state index contributed by atoms with van der Waals surface area (Å²) >= 11 is 3.45. The Balaban J connectivity index is 1.69. The summed E-state index contributed by atoms with van der Waals surface area (Å²) in [5.74, 6) is -0.208. The lowest BCUT2D eigenvalue weighted by molar-refractivity contribution is 0.0957. The molecule has 0 saturated heterocycles. The van der Waals surface area contributed by atoms with Gasteiger partial charge in [0, 0.05) is 15.6 Å². The highest BCUT2D eigenvalue weighted by atomic mass is 79.9. The van der Waals surface area contributed by atoms with Gasteiger partial charge in [0.25, 0.3) is 5.91 Å². The molecule has 4 nitrogen and oxygen atoms in total. The number of para-hydroxylation sites is 1. The van der Waals surface area contributed by atoms with Gasteiger partial charge in [0.05, 0.1) is 6.21 Å². The molecule has 0 aromatic heterocycles. The van der Waals surface area contributed by atoms with E-state index in [-0.39, 0.29) is 11.7 Å². The number of phenols is 1. The molecule has 0 saturated carbocycles. The highest BCUT2D eigenvalue weighted by Crippen LogP contribution is 2.29. The van der Waals surface area contributed by atoms with E-state index in [1.165, 1.54) is 6.21 Å². The third-order valence-corrected chi connectivity index (χ3v) is 5.12. The van der Waals surface area contributed by atoms with Gasteiger partial charge < -0.3 is 5.11 Å². The Morgan fingerprint density at radius 2 is 1.62 bits per heavy atom. The van der Waals surface area contributed by atoms with Gasteiger partial charge in [-0.25, -0.2) is 5.43 Å². The highest BCUT2D eigenvalue weighted by Gasteiger charge is 2.12. The summed E-state index contributed by atoms with van der Waals surface area (Å²) in [6.07, 6.45) is 1.42. The molecule has 4 aromatic rings. The van der Waals surface area contributed by atoms with Crippen molar-refractivity contribution in [1.29, 1.82) is 0 Å². The van der Waals surface area contributed by atoms with Gasteiger partial charge in [0.2, 0.25) is 0 Å². The number of benzene rings is 4. The molecule has 0 unspecified atom stereocenters. The van der Waals surface area contributed by atoms with Crippen LogP contribution >= 0.6 is 15.9 Å². The SMILES string of the molecule is O=C(NN=Cc1ccccc1O)c1cc(-c2ccc(Br)cc2)cc2ccccc12. The average Bonchev–Trinajstić information content (AvgIpc) is 2.74. The van der Waals surface area contributed by atoms with Crippen molar-refractivity contribution in [1.82, 2.24) is 5.43 Å². The molecule has 4 aromatic carbocycles. The zero-order chi connectivity index (χ0) is 20.2. The van der Waals surface area contributed by atoms with E-state index in [1.54, 1.807) is 24.3 Å². The van der Waals surface area contributed by atoms with Crippen molar-refractivity contribution in [3.05, 3.63) is 101 Å². The first kappa shape index (κ1) is 18.9. The van der Waals surface area contributed by atoms with Gasteiger partial charge in [0.1, 0.15) is 5.75 Å². The molecule has 0 spiro atoms. The van der Waals surface area contributed by atoms with Crippen LogP contribution < -0.4 is 5.43 Å². The highest BCUT2D eigenvalue weighted by molar-refractivity contribution is 9.10. The van der Waals surface area contributed by atoms with Gasteiger partial charge >= 0.3 is 0 Å². The van der Waals surface area contributed by atoms with Crippen LogP contribution in [0.15, 0.2) is 94.5 Å². The minimum absolute atomic E-state index is 0.105. The van der Waals surface area contributed by atoms with E-state index in [4.69, 9.17) is 0 Å². The first-order valence-corrected chi connectivity index (χ1v) is 9.81. The summed E-state index contributed by atoms with van der Waals surface area (Å²) in [5, 5.41) is 15.6. The molecule has 0 atom stereocenters. The lowest BCUT2D eigenvalue weighted by atomic mass is 9.96. The number of nitrogens with one attached hydrogen (secondary N) is 1. The molecule has 0 aliphatic heterocycles. The normalized spacial score (nSPS) is 11.1. The van der Waals surface area contributed by atoms with Crippen LogP contribution in [0.1, 0.15) is 15.9 Å². The van der Waals surface area contributed by atoms with Crippen molar-refractivity contribution in [3.63, 3.8) is 0 Å². The predicted molar refractivity (Wildman–Crippen MR) is 120 cm³/mol. The maximum absolute atomic E-state index is 12.9.